The number of likely N-dealkylation sites (N-methyl/N-ethyl adjacent to an activating group) is 2. The van der Waals surface area contributed by atoms with Gasteiger partial charge in [-0.25, -0.2) is 0 Å². The average Bonchev–Trinajstić information content (AvgIpc) is 3.22. The molecule has 16 heteroatoms. The first-order valence-electron chi connectivity index (χ1n) is 21.0. The number of aliphatic hydroxyl groups is 4. The van der Waals surface area contributed by atoms with Crippen molar-refractivity contribution in [2.45, 2.75) is 146 Å². The second-order valence-corrected chi connectivity index (χ2v) is 18.4. The Labute approximate surface area is 354 Å². The van der Waals surface area contributed by atoms with E-state index in [4.69, 9.17) is 30.5 Å². The van der Waals surface area contributed by atoms with E-state index in [1.807, 2.05) is 39.0 Å². The largest absolute Gasteiger partial charge is 0.459 e. The lowest BCUT2D eigenvalue weighted by Gasteiger charge is -2.47. The van der Waals surface area contributed by atoms with Gasteiger partial charge in [0.25, 0.3) is 0 Å². The molecule has 3 saturated heterocycles. The average molecular weight is 850 g/mol. The van der Waals surface area contributed by atoms with Gasteiger partial charge in [-0.1, -0.05) is 25.4 Å². The molecule has 3 aliphatic rings. The Morgan fingerprint density at radius 1 is 1.08 bits per heavy atom. The number of fused-ring (bicyclic) bond motifs is 5. The highest BCUT2D eigenvalue weighted by Crippen LogP contribution is 2.41. The fraction of sp³-hybridized carbons (Fsp3) is 0.744. The van der Waals surface area contributed by atoms with Crippen LogP contribution in [0.3, 0.4) is 0 Å². The zero-order valence-electron chi connectivity index (χ0n) is 36.3. The number of anilines is 1. The number of pyridine rings is 1. The van der Waals surface area contributed by atoms with Crippen LogP contribution in [0.2, 0.25) is 5.02 Å². The first-order chi connectivity index (χ1) is 27.7. The molecule has 2 aromatic rings. The van der Waals surface area contributed by atoms with E-state index in [1.165, 1.54) is 6.92 Å². The van der Waals surface area contributed by atoms with Crippen molar-refractivity contribution in [3.05, 3.63) is 35.5 Å². The fourth-order valence-electron chi connectivity index (χ4n) is 9.31. The number of hydrogen-bond donors (Lipinski definition) is 6. The zero-order chi connectivity index (χ0) is 43.6. The molecular weight excluding hydrogens is 782 g/mol. The van der Waals surface area contributed by atoms with E-state index in [1.54, 1.807) is 59.0 Å². The van der Waals surface area contributed by atoms with Crippen LogP contribution in [0.5, 0.6) is 0 Å². The van der Waals surface area contributed by atoms with Gasteiger partial charge in [0.1, 0.15) is 23.9 Å². The third-order valence-corrected chi connectivity index (χ3v) is 13.3. The molecule has 4 heterocycles. The number of carbonyl (C=O) groups excluding carboxylic acids is 2. The number of halogens is 1. The highest BCUT2D eigenvalue weighted by molar-refractivity contribution is 6.31. The summed E-state index contributed by atoms with van der Waals surface area (Å²) in [6.45, 7) is 12.4. The number of nitrogens with one attached hydrogen (secondary N) is 2. The summed E-state index contributed by atoms with van der Waals surface area (Å²) < 4.78 is 26.3. The summed E-state index contributed by atoms with van der Waals surface area (Å²) in [5.41, 5.74) is -2.00. The van der Waals surface area contributed by atoms with Crippen LogP contribution in [0.1, 0.15) is 74.1 Å². The van der Waals surface area contributed by atoms with E-state index >= 15 is 0 Å². The fourth-order valence-corrected chi connectivity index (χ4v) is 9.47. The number of aliphatic hydroxyl groups excluding tert-OH is 2. The Morgan fingerprint density at radius 3 is 2.47 bits per heavy atom. The summed E-state index contributed by atoms with van der Waals surface area (Å²) in [6, 6.07) is 6.38. The topological polar surface area (TPSA) is 195 Å². The maximum Gasteiger partial charge on any atom is 0.311 e. The van der Waals surface area contributed by atoms with Gasteiger partial charge in [0.15, 0.2) is 6.29 Å². The number of hydrogen-bond acceptors (Lipinski definition) is 14. The van der Waals surface area contributed by atoms with Crippen LogP contribution in [0, 0.1) is 17.8 Å². The lowest BCUT2D eigenvalue weighted by Crippen LogP contribution is -2.60. The number of ether oxygens (including phenoxy) is 4. The number of carbonyl (C=O) groups is 2. The van der Waals surface area contributed by atoms with Gasteiger partial charge in [-0.2, -0.15) is 0 Å². The molecule has 1 aromatic carbocycles. The third kappa shape index (κ3) is 10.9. The molecule has 2 bridgehead atoms. The third-order valence-electron chi connectivity index (χ3n) is 13.0. The van der Waals surface area contributed by atoms with Gasteiger partial charge in [-0.15, -0.1) is 0 Å². The number of benzene rings is 1. The second kappa shape index (κ2) is 19.6. The quantitative estimate of drug-likeness (QED) is 0.212. The summed E-state index contributed by atoms with van der Waals surface area (Å²) in [4.78, 5) is 35.3. The van der Waals surface area contributed by atoms with E-state index in [-0.39, 0.29) is 44.0 Å². The number of nitrogens with zero attached hydrogens (tertiary/aromatic N) is 3. The van der Waals surface area contributed by atoms with Gasteiger partial charge in [-0.3, -0.25) is 14.6 Å². The smallest absolute Gasteiger partial charge is 0.311 e. The van der Waals surface area contributed by atoms with E-state index < -0.39 is 83.9 Å². The van der Waals surface area contributed by atoms with E-state index in [9.17, 15) is 30.0 Å². The molecule has 15 nitrogen and oxygen atoms in total. The number of esters is 1. The lowest BCUT2D eigenvalue weighted by atomic mass is 9.76. The van der Waals surface area contributed by atoms with Gasteiger partial charge in [-0.05, 0) is 106 Å². The van der Waals surface area contributed by atoms with Crippen molar-refractivity contribution in [2.75, 3.05) is 46.1 Å². The predicted octanol–water partition coefficient (Wildman–Crippen LogP) is 3.18. The summed E-state index contributed by atoms with van der Waals surface area (Å²) in [6.07, 6.45) is -4.24. The number of rotatable bonds is 8. The van der Waals surface area contributed by atoms with Crippen LogP contribution < -0.4 is 10.6 Å². The van der Waals surface area contributed by atoms with Crippen LogP contribution in [0.25, 0.3) is 10.9 Å². The maximum absolute atomic E-state index is 13.6. The molecule has 0 radical (unpaired) electrons. The number of amides is 1. The Hall–Kier alpha value is -2.70. The molecule has 1 unspecified atom stereocenters. The Bertz CT molecular complexity index is 1730. The molecule has 1 amide bonds. The van der Waals surface area contributed by atoms with Crippen molar-refractivity contribution in [3.63, 3.8) is 0 Å². The molecule has 3 aliphatic heterocycles. The molecule has 0 spiro atoms. The second-order valence-electron chi connectivity index (χ2n) is 17.9. The monoisotopic (exact) mass is 849 g/mol. The zero-order valence-corrected chi connectivity index (χ0v) is 37.1. The van der Waals surface area contributed by atoms with Crippen molar-refractivity contribution in [1.29, 1.82) is 0 Å². The van der Waals surface area contributed by atoms with Gasteiger partial charge in [0, 0.05) is 59.3 Å². The van der Waals surface area contributed by atoms with Crippen molar-refractivity contribution >= 4 is 40.1 Å². The molecule has 332 valence electrons. The van der Waals surface area contributed by atoms with Crippen LogP contribution in [0.4, 0.5) is 5.69 Å². The minimum absolute atomic E-state index is 0.00172. The molecule has 5 rings (SSSR count). The highest BCUT2D eigenvalue weighted by atomic mass is 35.5. The van der Waals surface area contributed by atoms with Crippen molar-refractivity contribution in [2.24, 2.45) is 17.8 Å². The summed E-state index contributed by atoms with van der Waals surface area (Å²) in [7, 11) is 5.76. The Balaban J connectivity index is 1.50. The maximum atomic E-state index is 13.6. The molecule has 6 N–H and O–H groups in total. The van der Waals surface area contributed by atoms with E-state index in [0.717, 1.165) is 11.1 Å². The van der Waals surface area contributed by atoms with E-state index in [0.29, 0.717) is 29.9 Å². The molecule has 3 fully saturated rings. The molecule has 59 heavy (non-hydrogen) atoms. The SMILES string of the molecule is CC[C@H]1OC(=O)[C@H](C)[C@@H](O)[C@H](C)[C@H]2O[C@@H]3O[C@H](C)C[C@H](N(C)C)[C@H]3OC(CCNC(=O)CNc3ccnc4cc(Cl)ccc34)[C@@H](CN(C)[C@H](C)[C@@H](O)[C@]1(C)O)C[C@@]2(C)O. The van der Waals surface area contributed by atoms with E-state index in [2.05, 4.69) is 20.5 Å². The minimum Gasteiger partial charge on any atom is -0.459 e. The van der Waals surface area contributed by atoms with Gasteiger partial charge in [0.2, 0.25) is 5.91 Å². The summed E-state index contributed by atoms with van der Waals surface area (Å²) in [5.74, 6) is -3.29. The van der Waals surface area contributed by atoms with Crippen molar-refractivity contribution in [3.8, 4) is 0 Å². The van der Waals surface area contributed by atoms with Crippen LogP contribution in [-0.2, 0) is 28.5 Å². The lowest BCUT2D eigenvalue weighted by molar-refractivity contribution is -0.305. The van der Waals surface area contributed by atoms with Gasteiger partial charge >= 0.3 is 5.97 Å². The van der Waals surface area contributed by atoms with Crippen molar-refractivity contribution < 1.29 is 49.0 Å². The molecule has 0 saturated carbocycles. The molecule has 0 aliphatic carbocycles. The Kier molecular flexibility index (Phi) is 15.7. The number of aromatic nitrogens is 1. The molecule has 15 atom stereocenters. The summed E-state index contributed by atoms with van der Waals surface area (Å²) in [5, 5.41) is 55.6. The van der Waals surface area contributed by atoms with Gasteiger partial charge in [0.05, 0.1) is 48.0 Å². The minimum atomic E-state index is -1.85. The number of cyclic esters (lactones) is 1. The predicted molar refractivity (Wildman–Crippen MR) is 225 cm³/mol. The van der Waals surface area contributed by atoms with Crippen LogP contribution in [0.15, 0.2) is 30.5 Å². The van der Waals surface area contributed by atoms with Gasteiger partial charge < -0.3 is 59.8 Å². The highest BCUT2D eigenvalue weighted by Gasteiger charge is 2.53. The van der Waals surface area contributed by atoms with Crippen molar-refractivity contribution in [1.82, 2.24) is 20.1 Å². The Morgan fingerprint density at radius 2 is 1.80 bits per heavy atom. The molecule has 1 aromatic heterocycles. The molecular formula is C43H68ClN5O10. The van der Waals surface area contributed by atoms with Crippen LogP contribution in [-0.4, -0.2) is 160 Å². The first kappa shape index (κ1) is 47.4. The first-order valence-corrected chi connectivity index (χ1v) is 21.4. The summed E-state index contributed by atoms with van der Waals surface area (Å²) >= 11 is 6.17. The normalized spacial score (nSPS) is 39.3. The van der Waals surface area contributed by atoms with Crippen LogP contribution >= 0.6 is 11.6 Å². The standard InChI is InChI=1S/C43H68ClN5O10/c1-11-34-43(7,55)38(52)26(5)49(10)22-27-20-42(6,54)39(24(3)36(51)25(4)40(53)58-34)59-41-37(32(48(8)9)18-23(2)56-41)57-33(27)15-17-46-35(50)21-47-30-14-16-45-31-19-28(44)12-13-29(30)31/h12-14,16,19,23-27,32-34,36-39,41,51-52,54-55H,11,15,17-18,20-22H2,1-10H3,(H,45,47)(H,46,50)/t23-,24+,25-,26-,27-,32+,33?,34-,36+,37-,38-,39-,41+,42-,43-/m1/s1.